The van der Waals surface area contributed by atoms with Gasteiger partial charge in [-0.1, -0.05) is 6.92 Å². The monoisotopic (exact) mass is 248 g/mol. The summed E-state index contributed by atoms with van der Waals surface area (Å²) in [6.45, 7) is 4.01. The SMILES string of the molecule is CCC(=O)c1ccc(N(C)CCCN(C)C)cc1. The first-order valence-electron chi connectivity index (χ1n) is 6.53. The minimum Gasteiger partial charge on any atom is -0.375 e. The van der Waals surface area contributed by atoms with E-state index < -0.39 is 0 Å². The number of carbonyl (C=O) groups is 1. The maximum absolute atomic E-state index is 11.5. The third-order valence-electron chi connectivity index (χ3n) is 3.05. The van der Waals surface area contributed by atoms with E-state index in [4.69, 9.17) is 0 Å². The van der Waals surface area contributed by atoms with Crippen molar-refractivity contribution >= 4 is 11.5 Å². The van der Waals surface area contributed by atoms with Gasteiger partial charge in [-0.2, -0.15) is 0 Å². The molecular formula is C15H24N2O. The van der Waals surface area contributed by atoms with Crippen LogP contribution in [0.3, 0.4) is 0 Å². The summed E-state index contributed by atoms with van der Waals surface area (Å²) in [5.41, 5.74) is 1.98. The average Bonchev–Trinajstić information content (AvgIpc) is 2.37. The summed E-state index contributed by atoms with van der Waals surface area (Å²) in [5, 5.41) is 0. The van der Waals surface area contributed by atoms with Gasteiger partial charge in [0.05, 0.1) is 0 Å². The number of carbonyl (C=O) groups excluding carboxylic acids is 1. The zero-order chi connectivity index (χ0) is 13.5. The fourth-order valence-corrected chi connectivity index (χ4v) is 1.86. The fourth-order valence-electron chi connectivity index (χ4n) is 1.86. The summed E-state index contributed by atoms with van der Waals surface area (Å²) in [6.07, 6.45) is 1.71. The van der Waals surface area contributed by atoms with Crippen molar-refractivity contribution in [3.63, 3.8) is 0 Å². The first kappa shape index (κ1) is 14.7. The third-order valence-corrected chi connectivity index (χ3v) is 3.05. The second kappa shape index (κ2) is 7.17. The maximum atomic E-state index is 11.5. The molecule has 0 amide bonds. The van der Waals surface area contributed by atoms with E-state index >= 15 is 0 Å². The molecule has 0 aromatic heterocycles. The number of benzene rings is 1. The summed E-state index contributed by atoms with van der Waals surface area (Å²) >= 11 is 0. The molecule has 0 unspecified atom stereocenters. The van der Waals surface area contributed by atoms with Gasteiger partial charge in [0.25, 0.3) is 0 Å². The lowest BCUT2D eigenvalue weighted by molar-refractivity contribution is 0.0988. The zero-order valence-electron chi connectivity index (χ0n) is 11.9. The van der Waals surface area contributed by atoms with Gasteiger partial charge in [0.15, 0.2) is 5.78 Å². The highest BCUT2D eigenvalue weighted by molar-refractivity contribution is 5.96. The lowest BCUT2D eigenvalue weighted by Gasteiger charge is -2.20. The molecule has 0 heterocycles. The van der Waals surface area contributed by atoms with E-state index in [0.29, 0.717) is 6.42 Å². The predicted octanol–water partition coefficient (Wildman–Crippen LogP) is 2.67. The second-order valence-electron chi connectivity index (χ2n) is 4.90. The van der Waals surface area contributed by atoms with E-state index in [1.54, 1.807) is 0 Å². The molecule has 0 spiro atoms. The predicted molar refractivity (Wildman–Crippen MR) is 77.5 cm³/mol. The van der Waals surface area contributed by atoms with Crippen LogP contribution in [-0.4, -0.2) is 44.9 Å². The molecule has 0 bridgehead atoms. The normalized spacial score (nSPS) is 10.7. The van der Waals surface area contributed by atoms with Crippen LogP contribution in [0.25, 0.3) is 0 Å². The molecule has 1 aromatic carbocycles. The Morgan fingerprint density at radius 2 is 1.67 bits per heavy atom. The molecule has 3 nitrogen and oxygen atoms in total. The van der Waals surface area contributed by atoms with E-state index in [-0.39, 0.29) is 5.78 Å². The largest absolute Gasteiger partial charge is 0.375 e. The highest BCUT2D eigenvalue weighted by atomic mass is 16.1. The third kappa shape index (κ3) is 4.49. The Bertz CT molecular complexity index is 371. The Balaban J connectivity index is 2.53. The van der Waals surface area contributed by atoms with E-state index in [2.05, 4.69) is 30.9 Å². The molecule has 0 radical (unpaired) electrons. The minimum atomic E-state index is 0.205. The van der Waals surface area contributed by atoms with Gasteiger partial charge in [0, 0.05) is 31.3 Å². The van der Waals surface area contributed by atoms with Gasteiger partial charge in [0.2, 0.25) is 0 Å². The van der Waals surface area contributed by atoms with Crippen LogP contribution in [0.2, 0.25) is 0 Å². The number of anilines is 1. The molecule has 100 valence electrons. The van der Waals surface area contributed by atoms with Crippen molar-refractivity contribution in [2.75, 3.05) is 39.1 Å². The van der Waals surface area contributed by atoms with Crippen molar-refractivity contribution in [3.8, 4) is 0 Å². The molecular weight excluding hydrogens is 224 g/mol. The molecule has 0 saturated carbocycles. The van der Waals surface area contributed by atoms with Gasteiger partial charge in [-0.25, -0.2) is 0 Å². The Labute approximate surface area is 110 Å². The topological polar surface area (TPSA) is 23.6 Å². The van der Waals surface area contributed by atoms with E-state index in [1.807, 2.05) is 31.2 Å². The lowest BCUT2D eigenvalue weighted by atomic mass is 10.1. The number of nitrogens with zero attached hydrogens (tertiary/aromatic N) is 2. The van der Waals surface area contributed by atoms with Gasteiger partial charge in [-0.15, -0.1) is 0 Å². The van der Waals surface area contributed by atoms with Gasteiger partial charge in [0.1, 0.15) is 0 Å². The molecule has 1 aromatic rings. The van der Waals surface area contributed by atoms with Crippen LogP contribution in [-0.2, 0) is 0 Å². The van der Waals surface area contributed by atoms with E-state index in [0.717, 1.165) is 25.1 Å². The molecule has 3 heteroatoms. The number of ketones is 1. The molecule has 0 aliphatic carbocycles. The van der Waals surface area contributed by atoms with Crippen LogP contribution in [0.4, 0.5) is 5.69 Å². The van der Waals surface area contributed by atoms with Crippen LogP contribution < -0.4 is 4.90 Å². The van der Waals surface area contributed by atoms with Crippen LogP contribution in [0.15, 0.2) is 24.3 Å². The van der Waals surface area contributed by atoms with Crippen LogP contribution in [0, 0.1) is 0 Å². The zero-order valence-corrected chi connectivity index (χ0v) is 11.9. The average molecular weight is 248 g/mol. The number of hydrogen-bond donors (Lipinski definition) is 0. The Kier molecular flexibility index (Phi) is 5.86. The highest BCUT2D eigenvalue weighted by Gasteiger charge is 2.04. The summed E-state index contributed by atoms with van der Waals surface area (Å²) in [5.74, 6) is 0.205. The van der Waals surface area contributed by atoms with Crippen LogP contribution in [0.1, 0.15) is 30.1 Å². The minimum absolute atomic E-state index is 0.205. The van der Waals surface area contributed by atoms with Gasteiger partial charge in [-0.3, -0.25) is 4.79 Å². The lowest BCUT2D eigenvalue weighted by Crippen LogP contribution is -2.23. The van der Waals surface area contributed by atoms with Gasteiger partial charge in [-0.05, 0) is 51.3 Å². The molecule has 0 saturated heterocycles. The summed E-state index contributed by atoms with van der Waals surface area (Å²) in [6, 6.07) is 7.89. The van der Waals surface area contributed by atoms with Crippen molar-refractivity contribution in [1.29, 1.82) is 0 Å². The highest BCUT2D eigenvalue weighted by Crippen LogP contribution is 2.15. The molecule has 1 rings (SSSR count). The summed E-state index contributed by atoms with van der Waals surface area (Å²) in [7, 11) is 6.27. The molecule has 0 aliphatic heterocycles. The molecule has 0 atom stereocenters. The Hall–Kier alpha value is -1.35. The smallest absolute Gasteiger partial charge is 0.162 e. The second-order valence-corrected chi connectivity index (χ2v) is 4.90. The molecule has 0 aliphatic rings. The first-order chi connectivity index (χ1) is 8.54. The molecule has 0 N–H and O–H groups in total. The summed E-state index contributed by atoms with van der Waals surface area (Å²) in [4.78, 5) is 15.9. The van der Waals surface area contributed by atoms with Crippen molar-refractivity contribution in [2.45, 2.75) is 19.8 Å². The number of Topliss-reactive ketones (excluding diaryl/α,β-unsaturated/α-hetero) is 1. The number of hydrogen-bond acceptors (Lipinski definition) is 3. The van der Waals surface area contributed by atoms with Gasteiger partial charge < -0.3 is 9.80 Å². The van der Waals surface area contributed by atoms with Gasteiger partial charge >= 0.3 is 0 Å². The Morgan fingerprint density at radius 3 is 2.17 bits per heavy atom. The number of rotatable bonds is 7. The van der Waals surface area contributed by atoms with E-state index in [1.165, 1.54) is 5.69 Å². The van der Waals surface area contributed by atoms with Crippen molar-refractivity contribution < 1.29 is 4.79 Å². The van der Waals surface area contributed by atoms with Crippen LogP contribution >= 0.6 is 0 Å². The summed E-state index contributed by atoms with van der Waals surface area (Å²) < 4.78 is 0. The van der Waals surface area contributed by atoms with E-state index in [9.17, 15) is 4.79 Å². The molecule has 18 heavy (non-hydrogen) atoms. The van der Waals surface area contributed by atoms with Crippen molar-refractivity contribution in [2.24, 2.45) is 0 Å². The van der Waals surface area contributed by atoms with Crippen molar-refractivity contribution in [1.82, 2.24) is 4.90 Å². The first-order valence-corrected chi connectivity index (χ1v) is 6.53. The molecule has 0 fully saturated rings. The van der Waals surface area contributed by atoms with Crippen molar-refractivity contribution in [3.05, 3.63) is 29.8 Å². The quantitative estimate of drug-likeness (QED) is 0.693. The van der Waals surface area contributed by atoms with Crippen LogP contribution in [0.5, 0.6) is 0 Å². The Morgan fingerprint density at radius 1 is 1.06 bits per heavy atom. The standard InChI is InChI=1S/C15H24N2O/c1-5-15(18)13-7-9-14(10-8-13)17(4)12-6-11-16(2)3/h7-10H,5-6,11-12H2,1-4H3. The fraction of sp³-hybridized carbons (Fsp3) is 0.533. The maximum Gasteiger partial charge on any atom is 0.162 e.